The van der Waals surface area contributed by atoms with Crippen molar-refractivity contribution in [3.8, 4) is 0 Å². The maximum atomic E-state index is 12.2. The Kier molecular flexibility index (Phi) is 3.39. The van der Waals surface area contributed by atoms with Crippen LogP contribution >= 0.6 is 11.6 Å². The molecule has 0 aliphatic carbocycles. The van der Waals surface area contributed by atoms with Crippen LogP contribution in [0.5, 0.6) is 0 Å². The summed E-state index contributed by atoms with van der Waals surface area (Å²) in [5.41, 5.74) is -0.0146. The first-order valence-electron chi connectivity index (χ1n) is 4.26. The Bertz CT molecular complexity index is 385. The number of halogens is 4. The molecule has 15 heavy (non-hydrogen) atoms. The molecule has 1 aromatic carbocycles. The zero-order valence-corrected chi connectivity index (χ0v) is 8.62. The number of Topliss-reactive ketones (excluding diaryl/α,β-unsaturated/α-hetero) is 1. The fraction of sp³-hybridized carbons (Fsp3) is 0.300. The van der Waals surface area contributed by atoms with Gasteiger partial charge >= 0.3 is 6.18 Å². The predicted octanol–water partition coefficient (Wildman–Crippen LogP) is 3.65. The molecule has 0 aromatic heterocycles. The van der Waals surface area contributed by atoms with E-state index in [0.717, 1.165) is 6.07 Å². The van der Waals surface area contributed by atoms with E-state index in [-0.39, 0.29) is 5.56 Å². The van der Waals surface area contributed by atoms with Crippen molar-refractivity contribution in [2.45, 2.75) is 19.5 Å². The van der Waals surface area contributed by atoms with Gasteiger partial charge in [0.2, 0.25) is 0 Å². The summed E-state index contributed by atoms with van der Waals surface area (Å²) in [4.78, 5) is 11.0. The molecule has 0 saturated carbocycles. The van der Waals surface area contributed by atoms with Crippen LogP contribution in [-0.2, 0) is 6.42 Å². The van der Waals surface area contributed by atoms with E-state index >= 15 is 0 Å². The van der Waals surface area contributed by atoms with E-state index in [9.17, 15) is 18.0 Å². The number of rotatable bonds is 2. The molecule has 0 N–H and O–H groups in total. The summed E-state index contributed by atoms with van der Waals surface area (Å²) in [6.07, 6.45) is -4.50. The number of ketones is 1. The van der Waals surface area contributed by atoms with Gasteiger partial charge in [0, 0.05) is 10.6 Å². The Morgan fingerprint density at radius 2 is 2.00 bits per heavy atom. The zero-order chi connectivity index (χ0) is 11.6. The first-order valence-corrected chi connectivity index (χ1v) is 4.64. The van der Waals surface area contributed by atoms with E-state index < -0.39 is 12.0 Å². The third kappa shape index (κ3) is 2.72. The van der Waals surface area contributed by atoms with Gasteiger partial charge in [-0.25, -0.2) is 0 Å². The normalized spacial score (nSPS) is 11.5. The predicted molar refractivity (Wildman–Crippen MR) is 51.2 cm³/mol. The standard InChI is InChI=1S/C10H8ClF3O/c1-2-6-5-7(11)3-4-8(6)9(15)10(12,13)14/h3-5H,2H2,1H3. The van der Waals surface area contributed by atoms with Crippen LogP contribution in [0.25, 0.3) is 0 Å². The van der Waals surface area contributed by atoms with Crippen molar-refractivity contribution < 1.29 is 18.0 Å². The van der Waals surface area contributed by atoms with Crippen molar-refractivity contribution in [1.29, 1.82) is 0 Å². The minimum Gasteiger partial charge on any atom is -0.284 e. The van der Waals surface area contributed by atoms with Crippen LogP contribution < -0.4 is 0 Å². The SMILES string of the molecule is CCc1cc(Cl)ccc1C(=O)C(F)(F)F. The fourth-order valence-corrected chi connectivity index (χ4v) is 1.42. The molecule has 0 bridgehead atoms. The van der Waals surface area contributed by atoms with E-state index in [1.165, 1.54) is 12.1 Å². The number of carbonyl (C=O) groups excluding carboxylic acids is 1. The first-order chi connectivity index (χ1) is 6.86. The average Bonchev–Trinajstić information content (AvgIpc) is 2.15. The number of alkyl halides is 3. The second-order valence-electron chi connectivity index (χ2n) is 2.98. The van der Waals surface area contributed by atoms with Crippen LogP contribution in [-0.4, -0.2) is 12.0 Å². The van der Waals surface area contributed by atoms with Crippen LogP contribution in [0.15, 0.2) is 18.2 Å². The Morgan fingerprint density at radius 1 is 1.40 bits per heavy atom. The van der Waals surface area contributed by atoms with Gasteiger partial charge in [-0.3, -0.25) is 4.79 Å². The summed E-state index contributed by atoms with van der Waals surface area (Å²) in [5, 5.41) is 0.325. The lowest BCUT2D eigenvalue weighted by Crippen LogP contribution is -2.23. The van der Waals surface area contributed by atoms with E-state index in [2.05, 4.69) is 0 Å². The van der Waals surface area contributed by atoms with Crippen molar-refractivity contribution >= 4 is 17.4 Å². The number of carbonyl (C=O) groups is 1. The topological polar surface area (TPSA) is 17.1 Å². The highest BCUT2D eigenvalue weighted by Crippen LogP contribution is 2.25. The summed E-state index contributed by atoms with van der Waals surface area (Å²) < 4.78 is 36.5. The van der Waals surface area contributed by atoms with Gasteiger partial charge in [0.25, 0.3) is 5.78 Å². The van der Waals surface area contributed by atoms with Gasteiger partial charge in [-0.15, -0.1) is 0 Å². The Hall–Kier alpha value is -1.03. The molecule has 0 aliphatic heterocycles. The summed E-state index contributed by atoms with van der Waals surface area (Å²) in [6.45, 7) is 1.67. The lowest BCUT2D eigenvalue weighted by Gasteiger charge is -2.09. The molecule has 1 nitrogen and oxygen atoms in total. The van der Waals surface area contributed by atoms with E-state index in [0.29, 0.717) is 17.0 Å². The monoisotopic (exact) mass is 236 g/mol. The Labute approximate surface area is 89.9 Å². The molecule has 5 heteroatoms. The number of aryl methyl sites for hydroxylation is 1. The minimum atomic E-state index is -4.84. The molecular weight excluding hydrogens is 229 g/mol. The van der Waals surface area contributed by atoms with E-state index in [1.807, 2.05) is 0 Å². The highest BCUT2D eigenvalue weighted by Gasteiger charge is 2.40. The highest BCUT2D eigenvalue weighted by molar-refractivity contribution is 6.30. The molecule has 0 radical (unpaired) electrons. The molecule has 0 spiro atoms. The van der Waals surface area contributed by atoms with Crippen molar-refractivity contribution in [2.24, 2.45) is 0 Å². The highest BCUT2D eigenvalue weighted by atomic mass is 35.5. The Balaban J connectivity index is 3.20. The van der Waals surface area contributed by atoms with Gasteiger partial charge in [0.05, 0.1) is 0 Å². The molecule has 1 rings (SSSR count). The van der Waals surface area contributed by atoms with Gasteiger partial charge in [0.15, 0.2) is 0 Å². The average molecular weight is 237 g/mol. The molecule has 0 unspecified atom stereocenters. The minimum absolute atomic E-state index is 0.310. The van der Waals surface area contributed by atoms with Gasteiger partial charge in [-0.05, 0) is 30.2 Å². The molecule has 0 saturated heterocycles. The van der Waals surface area contributed by atoms with Crippen LogP contribution in [0, 0.1) is 0 Å². The largest absolute Gasteiger partial charge is 0.454 e. The molecule has 0 amide bonds. The molecule has 82 valence electrons. The summed E-state index contributed by atoms with van der Waals surface area (Å²) >= 11 is 5.62. The molecule has 0 atom stereocenters. The van der Waals surface area contributed by atoms with Crippen LogP contribution in [0.1, 0.15) is 22.8 Å². The number of hydrogen-bond donors (Lipinski definition) is 0. The number of hydrogen-bond acceptors (Lipinski definition) is 1. The van der Waals surface area contributed by atoms with E-state index in [4.69, 9.17) is 11.6 Å². The van der Waals surface area contributed by atoms with Crippen LogP contribution in [0.2, 0.25) is 5.02 Å². The third-order valence-corrected chi connectivity index (χ3v) is 2.19. The van der Waals surface area contributed by atoms with Crippen LogP contribution in [0.4, 0.5) is 13.2 Å². The lowest BCUT2D eigenvalue weighted by atomic mass is 10.0. The van der Waals surface area contributed by atoms with E-state index in [1.54, 1.807) is 6.92 Å². The lowest BCUT2D eigenvalue weighted by molar-refractivity contribution is -0.0885. The third-order valence-electron chi connectivity index (χ3n) is 1.95. The van der Waals surface area contributed by atoms with Crippen molar-refractivity contribution in [1.82, 2.24) is 0 Å². The maximum Gasteiger partial charge on any atom is 0.454 e. The quantitative estimate of drug-likeness (QED) is 0.717. The van der Waals surface area contributed by atoms with Crippen molar-refractivity contribution in [3.05, 3.63) is 34.3 Å². The molecule has 0 heterocycles. The Morgan fingerprint density at radius 3 is 2.47 bits per heavy atom. The summed E-state index contributed by atoms with van der Waals surface area (Å²) in [6, 6.07) is 3.76. The van der Waals surface area contributed by atoms with Gasteiger partial charge < -0.3 is 0 Å². The fourth-order valence-electron chi connectivity index (χ4n) is 1.23. The zero-order valence-electron chi connectivity index (χ0n) is 7.86. The first kappa shape index (κ1) is 12.0. The van der Waals surface area contributed by atoms with Gasteiger partial charge in [0.1, 0.15) is 0 Å². The maximum absolute atomic E-state index is 12.2. The summed E-state index contributed by atoms with van der Waals surface area (Å²) in [5.74, 6) is -1.82. The van der Waals surface area contributed by atoms with Gasteiger partial charge in [-0.2, -0.15) is 13.2 Å². The van der Waals surface area contributed by atoms with Crippen molar-refractivity contribution in [3.63, 3.8) is 0 Å². The second-order valence-corrected chi connectivity index (χ2v) is 3.42. The van der Waals surface area contributed by atoms with Gasteiger partial charge in [-0.1, -0.05) is 18.5 Å². The second kappa shape index (κ2) is 4.23. The van der Waals surface area contributed by atoms with Crippen LogP contribution in [0.3, 0.4) is 0 Å². The van der Waals surface area contributed by atoms with Crippen molar-refractivity contribution in [2.75, 3.05) is 0 Å². The smallest absolute Gasteiger partial charge is 0.284 e. The molecule has 0 aliphatic rings. The molecule has 0 fully saturated rings. The molecule has 1 aromatic rings. The molecular formula is C10H8ClF3O. The summed E-state index contributed by atoms with van der Waals surface area (Å²) in [7, 11) is 0. The number of benzene rings is 1.